The van der Waals surface area contributed by atoms with Gasteiger partial charge in [0.15, 0.2) is 0 Å². The summed E-state index contributed by atoms with van der Waals surface area (Å²) in [5.74, 6) is 0.760. The van der Waals surface area contributed by atoms with Crippen LogP contribution in [0.4, 0.5) is 5.69 Å². The fraction of sp³-hybridized carbons (Fsp3) is 0.235. The number of aryl methyl sites for hydroxylation is 1. The molecule has 0 atom stereocenters. The smallest absolute Gasteiger partial charge is 0.227 e. The predicted molar refractivity (Wildman–Crippen MR) is 81.0 cm³/mol. The van der Waals surface area contributed by atoms with Crippen molar-refractivity contribution in [3.05, 3.63) is 60.2 Å². The van der Waals surface area contributed by atoms with Crippen LogP contribution in [0.3, 0.4) is 0 Å². The van der Waals surface area contributed by atoms with Crippen molar-refractivity contribution in [1.82, 2.24) is 0 Å². The summed E-state index contributed by atoms with van der Waals surface area (Å²) in [4.78, 5) is 11.7. The highest BCUT2D eigenvalue weighted by molar-refractivity contribution is 5.90. The Morgan fingerprint density at radius 1 is 1.05 bits per heavy atom. The van der Waals surface area contributed by atoms with Crippen molar-refractivity contribution in [1.29, 1.82) is 0 Å². The number of hydrogen-bond acceptors (Lipinski definition) is 2. The van der Waals surface area contributed by atoms with E-state index < -0.39 is 0 Å². The van der Waals surface area contributed by atoms with E-state index in [1.165, 1.54) is 5.56 Å². The molecule has 3 nitrogen and oxygen atoms in total. The van der Waals surface area contributed by atoms with Gasteiger partial charge in [-0.3, -0.25) is 4.79 Å². The van der Waals surface area contributed by atoms with E-state index in [1.54, 1.807) is 0 Å². The number of benzene rings is 2. The van der Waals surface area contributed by atoms with Crippen molar-refractivity contribution in [2.24, 2.45) is 0 Å². The molecule has 0 radical (unpaired) electrons. The summed E-state index contributed by atoms with van der Waals surface area (Å²) in [5.41, 5.74) is 2.09. The van der Waals surface area contributed by atoms with Gasteiger partial charge in [0.1, 0.15) is 5.75 Å². The second kappa shape index (κ2) is 7.34. The number of carbonyl (C=O) groups excluding carboxylic acids is 1. The summed E-state index contributed by atoms with van der Waals surface area (Å²) in [6.07, 6.45) is 1.35. The summed E-state index contributed by atoms with van der Waals surface area (Å²) in [7, 11) is 0. The van der Waals surface area contributed by atoms with Gasteiger partial charge in [-0.05, 0) is 36.2 Å². The monoisotopic (exact) mass is 269 g/mol. The summed E-state index contributed by atoms with van der Waals surface area (Å²) in [6, 6.07) is 17.4. The molecule has 0 heterocycles. The van der Waals surface area contributed by atoms with E-state index in [2.05, 4.69) is 12.2 Å². The lowest BCUT2D eigenvalue weighted by molar-refractivity contribution is -0.116. The molecule has 0 unspecified atom stereocenters. The Bertz CT molecular complexity index is 535. The van der Waals surface area contributed by atoms with Crippen LogP contribution in [0.5, 0.6) is 5.75 Å². The van der Waals surface area contributed by atoms with Gasteiger partial charge in [0.2, 0.25) is 5.91 Å². The van der Waals surface area contributed by atoms with Gasteiger partial charge in [-0.1, -0.05) is 37.3 Å². The molecule has 2 rings (SSSR count). The van der Waals surface area contributed by atoms with Crippen molar-refractivity contribution in [2.75, 3.05) is 11.9 Å². The van der Waals surface area contributed by atoms with E-state index >= 15 is 0 Å². The van der Waals surface area contributed by atoms with Crippen LogP contribution in [0.15, 0.2) is 54.6 Å². The van der Waals surface area contributed by atoms with Gasteiger partial charge in [0.05, 0.1) is 13.0 Å². The van der Waals surface area contributed by atoms with Gasteiger partial charge < -0.3 is 10.1 Å². The molecular weight excluding hydrogens is 250 g/mol. The molecule has 0 bridgehead atoms. The average Bonchev–Trinajstić information content (AvgIpc) is 2.49. The number of rotatable bonds is 6. The normalized spacial score (nSPS) is 10.1. The Hall–Kier alpha value is -2.29. The molecule has 0 aromatic heterocycles. The van der Waals surface area contributed by atoms with Crippen molar-refractivity contribution in [3.63, 3.8) is 0 Å². The predicted octanol–water partition coefficient (Wildman–Crippen LogP) is 3.66. The maximum atomic E-state index is 11.7. The largest absolute Gasteiger partial charge is 0.493 e. The number of carbonyl (C=O) groups is 1. The summed E-state index contributed by atoms with van der Waals surface area (Å²) >= 11 is 0. The Balaban J connectivity index is 1.73. The standard InChI is InChI=1S/C17H19NO2/c1-2-14-8-10-16(11-9-14)20-13-12-17(19)18-15-6-4-3-5-7-15/h3-11H,2,12-13H2,1H3,(H,18,19). The van der Waals surface area contributed by atoms with Gasteiger partial charge in [-0.15, -0.1) is 0 Å². The lowest BCUT2D eigenvalue weighted by Gasteiger charge is -2.07. The summed E-state index contributed by atoms with van der Waals surface area (Å²) < 4.78 is 5.55. The fourth-order valence-electron chi connectivity index (χ4n) is 1.83. The van der Waals surface area contributed by atoms with Crippen LogP contribution in [0, 0.1) is 0 Å². The van der Waals surface area contributed by atoms with Crippen LogP contribution in [0.1, 0.15) is 18.9 Å². The van der Waals surface area contributed by atoms with E-state index in [1.807, 2.05) is 54.6 Å². The van der Waals surface area contributed by atoms with Crippen LogP contribution < -0.4 is 10.1 Å². The van der Waals surface area contributed by atoms with Crippen LogP contribution >= 0.6 is 0 Å². The Labute approximate surface area is 119 Å². The molecule has 2 aromatic rings. The first kappa shape index (κ1) is 14.1. The first-order valence-electron chi connectivity index (χ1n) is 6.84. The molecule has 3 heteroatoms. The Morgan fingerprint density at radius 3 is 2.40 bits per heavy atom. The summed E-state index contributed by atoms with van der Waals surface area (Å²) in [6.45, 7) is 2.49. The number of amides is 1. The molecule has 20 heavy (non-hydrogen) atoms. The number of para-hydroxylation sites is 1. The molecule has 0 aliphatic rings. The minimum absolute atomic E-state index is 0.0404. The van der Waals surface area contributed by atoms with Gasteiger partial charge in [-0.2, -0.15) is 0 Å². The molecule has 0 fully saturated rings. The molecule has 1 N–H and O–H groups in total. The minimum Gasteiger partial charge on any atom is -0.493 e. The van der Waals surface area contributed by atoms with Crippen molar-refractivity contribution < 1.29 is 9.53 Å². The van der Waals surface area contributed by atoms with E-state index in [9.17, 15) is 4.79 Å². The fourth-order valence-corrected chi connectivity index (χ4v) is 1.83. The molecule has 0 aliphatic heterocycles. The lowest BCUT2D eigenvalue weighted by Crippen LogP contribution is -2.15. The van der Waals surface area contributed by atoms with E-state index in [4.69, 9.17) is 4.74 Å². The van der Waals surface area contributed by atoms with Gasteiger partial charge in [-0.25, -0.2) is 0 Å². The quantitative estimate of drug-likeness (QED) is 0.869. The van der Waals surface area contributed by atoms with Crippen molar-refractivity contribution in [3.8, 4) is 5.75 Å². The van der Waals surface area contributed by atoms with Crippen molar-refractivity contribution >= 4 is 11.6 Å². The zero-order valence-corrected chi connectivity index (χ0v) is 11.6. The second-order valence-electron chi connectivity index (χ2n) is 4.51. The molecule has 104 valence electrons. The van der Waals surface area contributed by atoms with Crippen molar-refractivity contribution in [2.45, 2.75) is 19.8 Å². The maximum Gasteiger partial charge on any atom is 0.227 e. The zero-order valence-electron chi connectivity index (χ0n) is 11.6. The topological polar surface area (TPSA) is 38.3 Å². The second-order valence-corrected chi connectivity index (χ2v) is 4.51. The third-order valence-electron chi connectivity index (χ3n) is 2.99. The van der Waals surface area contributed by atoms with Gasteiger partial charge in [0, 0.05) is 5.69 Å². The SMILES string of the molecule is CCc1ccc(OCCC(=O)Nc2ccccc2)cc1. The highest BCUT2D eigenvalue weighted by atomic mass is 16.5. The molecule has 1 amide bonds. The highest BCUT2D eigenvalue weighted by Gasteiger charge is 2.02. The van der Waals surface area contributed by atoms with Crippen LogP contribution in [-0.4, -0.2) is 12.5 Å². The van der Waals surface area contributed by atoms with E-state index in [0.717, 1.165) is 17.9 Å². The number of anilines is 1. The minimum atomic E-state index is -0.0404. The molecule has 0 saturated carbocycles. The van der Waals surface area contributed by atoms with Gasteiger partial charge >= 0.3 is 0 Å². The molecule has 0 spiro atoms. The van der Waals surface area contributed by atoms with E-state index in [0.29, 0.717) is 13.0 Å². The van der Waals surface area contributed by atoms with Crippen LogP contribution in [0.2, 0.25) is 0 Å². The molecule has 2 aromatic carbocycles. The number of nitrogens with one attached hydrogen (secondary N) is 1. The highest BCUT2D eigenvalue weighted by Crippen LogP contribution is 2.13. The van der Waals surface area contributed by atoms with Crippen LogP contribution in [-0.2, 0) is 11.2 Å². The summed E-state index contributed by atoms with van der Waals surface area (Å²) in [5, 5.41) is 2.83. The first-order chi connectivity index (χ1) is 9.78. The molecule has 0 saturated heterocycles. The van der Waals surface area contributed by atoms with Gasteiger partial charge in [0.25, 0.3) is 0 Å². The third-order valence-corrected chi connectivity index (χ3v) is 2.99. The number of hydrogen-bond donors (Lipinski definition) is 1. The van der Waals surface area contributed by atoms with E-state index in [-0.39, 0.29) is 5.91 Å². The third kappa shape index (κ3) is 4.43. The Morgan fingerprint density at radius 2 is 1.75 bits per heavy atom. The Kier molecular flexibility index (Phi) is 5.18. The van der Waals surface area contributed by atoms with Crippen LogP contribution in [0.25, 0.3) is 0 Å². The zero-order chi connectivity index (χ0) is 14.2. The molecule has 0 aliphatic carbocycles. The first-order valence-corrected chi connectivity index (χ1v) is 6.84. The average molecular weight is 269 g/mol. The number of ether oxygens (including phenoxy) is 1. The molecular formula is C17H19NO2. The maximum absolute atomic E-state index is 11.7. The lowest BCUT2D eigenvalue weighted by atomic mass is 10.2.